The van der Waals surface area contributed by atoms with Gasteiger partial charge in [-0.05, 0) is 35.4 Å². The Morgan fingerprint density at radius 2 is 1.22 bits per heavy atom. The third kappa shape index (κ3) is 3.92. The van der Waals surface area contributed by atoms with Crippen LogP contribution in [-0.4, -0.2) is 5.11 Å². The highest BCUT2D eigenvalue weighted by Crippen LogP contribution is 2.32. The minimum absolute atomic E-state index is 0.250. The Hall–Kier alpha value is -2.29. The van der Waals surface area contributed by atoms with E-state index in [0.29, 0.717) is 5.02 Å². The summed E-state index contributed by atoms with van der Waals surface area (Å²) >= 11 is 5.95. The molecule has 3 aromatic rings. The van der Waals surface area contributed by atoms with Crippen LogP contribution in [0.5, 0.6) is 0 Å². The lowest BCUT2D eigenvalue weighted by Crippen LogP contribution is -2.19. The molecule has 0 amide bonds. The fourth-order valence-electron chi connectivity index (χ4n) is 2.57. The van der Waals surface area contributed by atoms with Gasteiger partial charge in [-0.1, -0.05) is 72.3 Å². The van der Waals surface area contributed by atoms with Crippen molar-refractivity contribution in [3.05, 3.63) is 101 Å². The number of rotatable bonds is 5. The lowest BCUT2D eigenvalue weighted by Gasteiger charge is -2.26. The molecule has 2 atom stereocenters. The van der Waals surface area contributed by atoms with Gasteiger partial charge in [-0.2, -0.15) is 0 Å². The van der Waals surface area contributed by atoms with Gasteiger partial charge in [-0.25, -0.2) is 0 Å². The van der Waals surface area contributed by atoms with Crippen molar-refractivity contribution in [3.8, 4) is 0 Å². The molecule has 0 bridgehead atoms. The molecule has 0 aliphatic carbocycles. The van der Waals surface area contributed by atoms with Crippen molar-refractivity contribution in [3.63, 3.8) is 0 Å². The summed E-state index contributed by atoms with van der Waals surface area (Å²) in [5.41, 5.74) is 2.82. The Kier molecular flexibility index (Phi) is 4.96. The molecule has 2 N–H and O–H groups in total. The number of benzene rings is 3. The van der Waals surface area contributed by atoms with E-state index < -0.39 is 6.10 Å². The number of aliphatic hydroxyl groups excluding tert-OH is 1. The quantitative estimate of drug-likeness (QED) is 0.674. The number of hydrogen-bond donors (Lipinski definition) is 2. The van der Waals surface area contributed by atoms with Crippen molar-refractivity contribution in [2.24, 2.45) is 0 Å². The van der Waals surface area contributed by atoms with E-state index >= 15 is 0 Å². The molecule has 0 aromatic heterocycles. The van der Waals surface area contributed by atoms with E-state index in [-0.39, 0.29) is 6.04 Å². The lowest BCUT2D eigenvalue weighted by molar-refractivity contribution is 0.155. The van der Waals surface area contributed by atoms with Crippen molar-refractivity contribution in [2.45, 2.75) is 12.1 Å². The van der Waals surface area contributed by atoms with Crippen LogP contribution in [0, 0.1) is 0 Å². The number of aliphatic hydroxyl groups is 1. The highest BCUT2D eigenvalue weighted by atomic mass is 35.5. The minimum Gasteiger partial charge on any atom is -0.386 e. The van der Waals surface area contributed by atoms with Gasteiger partial charge in [0.1, 0.15) is 6.10 Å². The molecule has 23 heavy (non-hydrogen) atoms. The second kappa shape index (κ2) is 7.32. The zero-order valence-electron chi connectivity index (χ0n) is 12.6. The van der Waals surface area contributed by atoms with E-state index in [1.54, 1.807) is 0 Å². The summed E-state index contributed by atoms with van der Waals surface area (Å²) in [6.07, 6.45) is -0.658. The number of nitrogens with one attached hydrogen (secondary N) is 1. The van der Waals surface area contributed by atoms with Gasteiger partial charge in [-0.15, -0.1) is 0 Å². The predicted octanol–water partition coefficient (Wildman–Crippen LogP) is 5.23. The largest absolute Gasteiger partial charge is 0.386 e. The third-order valence-corrected chi connectivity index (χ3v) is 4.03. The van der Waals surface area contributed by atoms with Crippen molar-refractivity contribution < 1.29 is 5.11 Å². The van der Waals surface area contributed by atoms with Crippen molar-refractivity contribution in [1.82, 2.24) is 0 Å². The van der Waals surface area contributed by atoms with Gasteiger partial charge in [0.2, 0.25) is 0 Å². The molecular formula is C20H18ClNO. The standard InChI is InChI=1S/C20H18ClNO/c21-17-11-13-18(14-12-17)22-19(15-7-3-1-4-8-15)20(23)16-9-5-2-6-10-16/h1-14,19-20,22-23H. The minimum atomic E-state index is -0.658. The summed E-state index contributed by atoms with van der Waals surface area (Å²) in [6, 6.07) is 26.9. The summed E-state index contributed by atoms with van der Waals surface area (Å²) in [6.45, 7) is 0. The van der Waals surface area contributed by atoms with Gasteiger partial charge < -0.3 is 10.4 Å². The SMILES string of the molecule is OC(c1ccccc1)C(Nc1ccc(Cl)cc1)c1ccccc1. The maximum Gasteiger partial charge on any atom is 0.103 e. The van der Waals surface area contributed by atoms with Crippen molar-refractivity contribution in [1.29, 1.82) is 0 Å². The highest BCUT2D eigenvalue weighted by molar-refractivity contribution is 6.30. The Bertz CT molecular complexity index is 729. The highest BCUT2D eigenvalue weighted by Gasteiger charge is 2.22. The fourth-order valence-corrected chi connectivity index (χ4v) is 2.70. The van der Waals surface area contributed by atoms with Crippen LogP contribution in [0.1, 0.15) is 23.3 Å². The van der Waals surface area contributed by atoms with Gasteiger partial charge in [0.05, 0.1) is 6.04 Å². The average Bonchev–Trinajstić information content (AvgIpc) is 2.62. The van der Waals surface area contributed by atoms with E-state index in [4.69, 9.17) is 11.6 Å². The lowest BCUT2D eigenvalue weighted by atomic mass is 9.95. The molecule has 2 unspecified atom stereocenters. The molecule has 2 nitrogen and oxygen atoms in total. The van der Waals surface area contributed by atoms with Crippen LogP contribution < -0.4 is 5.32 Å². The number of halogens is 1. The van der Waals surface area contributed by atoms with Crippen LogP contribution in [0.3, 0.4) is 0 Å². The van der Waals surface area contributed by atoms with Crippen LogP contribution in [-0.2, 0) is 0 Å². The maximum atomic E-state index is 10.9. The summed E-state index contributed by atoms with van der Waals surface area (Å²) in [5, 5.41) is 15.0. The molecule has 0 spiro atoms. The first-order valence-corrected chi connectivity index (χ1v) is 7.92. The molecule has 0 radical (unpaired) electrons. The molecule has 0 saturated heterocycles. The normalized spacial score (nSPS) is 13.3. The van der Waals surface area contributed by atoms with E-state index in [2.05, 4.69) is 5.32 Å². The molecular weight excluding hydrogens is 306 g/mol. The Morgan fingerprint density at radius 3 is 1.78 bits per heavy atom. The van der Waals surface area contributed by atoms with Crippen molar-refractivity contribution >= 4 is 17.3 Å². The van der Waals surface area contributed by atoms with Gasteiger partial charge >= 0.3 is 0 Å². The molecule has 0 fully saturated rings. The van der Waals surface area contributed by atoms with Crippen LogP contribution in [0.15, 0.2) is 84.9 Å². The third-order valence-electron chi connectivity index (χ3n) is 3.78. The molecule has 3 aromatic carbocycles. The molecule has 0 heterocycles. The monoisotopic (exact) mass is 323 g/mol. The summed E-state index contributed by atoms with van der Waals surface area (Å²) in [4.78, 5) is 0. The summed E-state index contributed by atoms with van der Waals surface area (Å²) < 4.78 is 0. The molecule has 0 saturated carbocycles. The first kappa shape index (κ1) is 15.6. The molecule has 116 valence electrons. The second-order valence-electron chi connectivity index (χ2n) is 5.40. The Balaban J connectivity index is 1.92. The van der Waals surface area contributed by atoms with Crippen LogP contribution in [0.2, 0.25) is 5.02 Å². The van der Waals surface area contributed by atoms with E-state index in [9.17, 15) is 5.11 Å². The van der Waals surface area contributed by atoms with Crippen LogP contribution >= 0.6 is 11.6 Å². The van der Waals surface area contributed by atoms with E-state index in [1.807, 2.05) is 84.9 Å². The van der Waals surface area contributed by atoms with Crippen molar-refractivity contribution in [2.75, 3.05) is 5.32 Å². The maximum absolute atomic E-state index is 10.9. The first-order chi connectivity index (χ1) is 11.2. The predicted molar refractivity (Wildman–Crippen MR) is 95.7 cm³/mol. The Morgan fingerprint density at radius 1 is 0.696 bits per heavy atom. The van der Waals surface area contributed by atoms with Gasteiger partial charge in [0.25, 0.3) is 0 Å². The van der Waals surface area contributed by atoms with Gasteiger partial charge in [0, 0.05) is 10.7 Å². The zero-order valence-corrected chi connectivity index (χ0v) is 13.3. The number of anilines is 1. The molecule has 3 heteroatoms. The van der Waals surface area contributed by atoms with Gasteiger partial charge in [-0.3, -0.25) is 0 Å². The summed E-state index contributed by atoms with van der Waals surface area (Å²) in [5.74, 6) is 0. The topological polar surface area (TPSA) is 32.3 Å². The Labute approximate surface area is 141 Å². The fraction of sp³-hybridized carbons (Fsp3) is 0.100. The van der Waals surface area contributed by atoms with Crippen LogP contribution in [0.25, 0.3) is 0 Å². The molecule has 0 aliphatic heterocycles. The van der Waals surface area contributed by atoms with E-state index in [0.717, 1.165) is 16.8 Å². The van der Waals surface area contributed by atoms with E-state index in [1.165, 1.54) is 0 Å². The second-order valence-corrected chi connectivity index (χ2v) is 5.83. The molecule has 3 rings (SSSR count). The zero-order chi connectivity index (χ0) is 16.1. The van der Waals surface area contributed by atoms with Gasteiger partial charge in [0.15, 0.2) is 0 Å². The summed E-state index contributed by atoms with van der Waals surface area (Å²) in [7, 11) is 0. The number of hydrogen-bond acceptors (Lipinski definition) is 2. The first-order valence-electron chi connectivity index (χ1n) is 7.54. The van der Waals surface area contributed by atoms with Crippen LogP contribution in [0.4, 0.5) is 5.69 Å². The molecule has 0 aliphatic rings. The average molecular weight is 324 g/mol. The smallest absolute Gasteiger partial charge is 0.103 e.